The van der Waals surface area contributed by atoms with Crippen LogP contribution in [0.1, 0.15) is 46.0 Å². The number of benzene rings is 5. The number of hydrogen-bond donors (Lipinski definition) is 0. The minimum atomic E-state index is -5.52. The minimum absolute atomic E-state index is 0.00113. The van der Waals surface area contributed by atoms with E-state index in [0.717, 1.165) is 41.1 Å². The first-order valence-corrected chi connectivity index (χ1v) is 19.4. The molecule has 0 spiro atoms. The molecule has 1 aliphatic rings. The molecule has 0 N–H and O–H groups in total. The van der Waals surface area contributed by atoms with E-state index in [4.69, 9.17) is 14.2 Å². The van der Waals surface area contributed by atoms with Gasteiger partial charge in [-0.3, -0.25) is 4.79 Å². The van der Waals surface area contributed by atoms with E-state index in [-0.39, 0.29) is 41.1 Å². The van der Waals surface area contributed by atoms with Crippen LogP contribution in [0.4, 0.5) is 27.6 Å². The predicted molar refractivity (Wildman–Crippen MR) is 204 cm³/mol. The van der Waals surface area contributed by atoms with E-state index in [1.807, 2.05) is 30.3 Å². The second-order valence-electron chi connectivity index (χ2n) is 13.3. The first kappa shape index (κ1) is 41.7. The number of anilines is 1. The first-order chi connectivity index (χ1) is 27.8. The smallest absolute Gasteiger partial charge is 0.342 e. The number of hydrogen-bond acceptors (Lipinski definition) is 7. The van der Waals surface area contributed by atoms with Crippen molar-refractivity contribution in [3.8, 4) is 5.75 Å². The maximum Gasteiger partial charge on any atom is 0.342 e. The third-order valence-electron chi connectivity index (χ3n) is 9.55. The molecular formula is C43H37F5N2O7S. The van der Waals surface area contributed by atoms with Crippen molar-refractivity contribution in [1.29, 1.82) is 0 Å². The Bertz CT molecular complexity index is 2400. The first-order valence-electron chi connectivity index (χ1n) is 18.0. The molecule has 0 fully saturated rings. The number of carbonyl (C=O) groups is 2. The van der Waals surface area contributed by atoms with E-state index in [9.17, 15) is 40.0 Å². The zero-order chi connectivity index (χ0) is 41.6. The molecule has 0 radical (unpaired) electrons. The van der Waals surface area contributed by atoms with Crippen LogP contribution >= 0.6 is 0 Å². The van der Waals surface area contributed by atoms with Crippen LogP contribution in [0, 0.1) is 29.1 Å². The van der Waals surface area contributed by atoms with Gasteiger partial charge in [-0.25, -0.2) is 35.2 Å². The molecule has 0 unspecified atom stereocenters. The summed E-state index contributed by atoms with van der Waals surface area (Å²) in [6, 6.07) is 27.6. The van der Waals surface area contributed by atoms with Gasteiger partial charge in [0.15, 0.2) is 28.2 Å². The van der Waals surface area contributed by atoms with Crippen molar-refractivity contribution in [3.05, 3.63) is 166 Å². The van der Waals surface area contributed by atoms with Crippen molar-refractivity contribution in [2.45, 2.75) is 44.0 Å². The van der Waals surface area contributed by atoms with Gasteiger partial charge in [-0.2, -0.15) is 4.31 Å². The molecule has 302 valence electrons. The van der Waals surface area contributed by atoms with Crippen LogP contribution in [-0.4, -0.2) is 50.9 Å². The van der Waals surface area contributed by atoms with E-state index in [2.05, 4.69) is 0 Å². The van der Waals surface area contributed by atoms with Gasteiger partial charge in [0.25, 0.3) is 0 Å². The van der Waals surface area contributed by atoms with Gasteiger partial charge in [0.1, 0.15) is 30.6 Å². The Kier molecular flexibility index (Phi) is 13.0. The Morgan fingerprint density at radius 1 is 0.759 bits per heavy atom. The summed E-state index contributed by atoms with van der Waals surface area (Å²) in [6.07, 6.45) is 2.65. The van der Waals surface area contributed by atoms with Crippen LogP contribution in [0.2, 0.25) is 0 Å². The highest BCUT2D eigenvalue weighted by atomic mass is 32.2. The summed E-state index contributed by atoms with van der Waals surface area (Å²) < 4.78 is 116. The molecule has 6 rings (SSSR count). The highest BCUT2D eigenvalue weighted by Gasteiger charge is 2.40. The Hall–Kier alpha value is -5.90. The molecule has 1 amide bonds. The van der Waals surface area contributed by atoms with Gasteiger partial charge < -0.3 is 19.1 Å². The third-order valence-corrected chi connectivity index (χ3v) is 11.5. The number of esters is 1. The second kappa shape index (κ2) is 18.1. The Labute approximate surface area is 331 Å². The molecule has 5 aromatic carbocycles. The summed E-state index contributed by atoms with van der Waals surface area (Å²) in [5.41, 5.74) is 4.15. The van der Waals surface area contributed by atoms with Crippen molar-refractivity contribution in [2.75, 3.05) is 25.2 Å². The average molecular weight is 821 g/mol. The maximum atomic E-state index is 14.8. The fourth-order valence-corrected chi connectivity index (χ4v) is 7.57. The number of ether oxygens (including phenoxy) is 3. The minimum Gasteiger partial charge on any atom is -0.488 e. The van der Waals surface area contributed by atoms with Crippen LogP contribution in [0.3, 0.4) is 0 Å². The zero-order valence-electron chi connectivity index (χ0n) is 31.3. The lowest BCUT2D eigenvalue weighted by molar-refractivity contribution is -0.121. The molecule has 58 heavy (non-hydrogen) atoms. The van der Waals surface area contributed by atoms with Gasteiger partial charge in [-0.15, -0.1) is 0 Å². The van der Waals surface area contributed by atoms with Gasteiger partial charge in [-0.1, -0.05) is 91.0 Å². The van der Waals surface area contributed by atoms with E-state index in [1.54, 1.807) is 60.7 Å². The molecule has 0 aliphatic carbocycles. The topological polar surface area (TPSA) is 102 Å². The number of carbonyl (C=O) groups excluding carboxylic acids is 2. The van der Waals surface area contributed by atoms with E-state index in [1.165, 1.54) is 18.2 Å². The van der Waals surface area contributed by atoms with E-state index < -0.39 is 61.9 Å². The zero-order valence-corrected chi connectivity index (χ0v) is 32.1. The normalized spacial score (nSPS) is 13.5. The number of amides is 1. The molecule has 15 heteroatoms. The van der Waals surface area contributed by atoms with Crippen molar-refractivity contribution in [3.63, 3.8) is 0 Å². The van der Waals surface area contributed by atoms with Crippen LogP contribution in [0.5, 0.6) is 5.75 Å². The van der Waals surface area contributed by atoms with Gasteiger partial charge in [0.05, 0.1) is 19.8 Å². The number of likely N-dealkylation sites (N-methyl/N-ethyl adjacent to an activating group) is 1. The Morgan fingerprint density at radius 2 is 1.34 bits per heavy atom. The van der Waals surface area contributed by atoms with E-state index in [0.29, 0.717) is 25.2 Å². The lowest BCUT2D eigenvalue weighted by Gasteiger charge is -2.31. The summed E-state index contributed by atoms with van der Waals surface area (Å²) >= 11 is 0. The van der Waals surface area contributed by atoms with Gasteiger partial charge in [0, 0.05) is 18.8 Å². The summed E-state index contributed by atoms with van der Waals surface area (Å²) in [6.45, 7) is 1.87. The van der Waals surface area contributed by atoms with Crippen LogP contribution in [0.25, 0.3) is 5.57 Å². The lowest BCUT2D eigenvalue weighted by atomic mass is 10.00. The number of halogens is 5. The van der Waals surface area contributed by atoms with Gasteiger partial charge in [-0.05, 0) is 53.3 Å². The van der Waals surface area contributed by atoms with Crippen molar-refractivity contribution in [2.24, 2.45) is 0 Å². The summed E-state index contributed by atoms with van der Waals surface area (Å²) in [4.78, 5) is 27.0. The Balaban J connectivity index is 1.38. The molecule has 5 aromatic rings. The molecule has 0 saturated carbocycles. The highest BCUT2D eigenvalue weighted by molar-refractivity contribution is 7.89. The molecule has 1 aliphatic heterocycles. The maximum absolute atomic E-state index is 14.8. The van der Waals surface area contributed by atoms with Crippen LogP contribution in [0.15, 0.2) is 114 Å². The standard InChI is InChI=1S/C43H37F5N2O7S/c1-27(49(2)58(53,54)41-39(47)37(45)36(44)38(46)40(41)48)42(51)50(24-28-13-15-31(16-14-28)32-19-21-55-22-20-32)33-17-18-34(43(52)57-26-30-11-7-4-8-12-30)35(23-33)56-25-29-9-5-3-6-10-29/h3-19,23,27H,20-22,24-26H2,1-2H3/t27-/m1/s1. The SMILES string of the molecule is C[C@H](C(=O)N(Cc1ccc(C2=CCOCC2)cc1)c1ccc(C(=O)OCc2ccccc2)c(OCc2ccccc2)c1)N(C)S(=O)(=O)c1c(F)c(F)c(F)c(F)c1F. The number of sulfonamides is 1. The largest absolute Gasteiger partial charge is 0.488 e. The molecule has 1 atom stereocenters. The van der Waals surface area contributed by atoms with Crippen LogP contribution < -0.4 is 9.64 Å². The van der Waals surface area contributed by atoms with Crippen molar-refractivity contribution in [1.82, 2.24) is 4.31 Å². The van der Waals surface area contributed by atoms with Crippen molar-refractivity contribution < 1.29 is 54.2 Å². The predicted octanol–water partition coefficient (Wildman–Crippen LogP) is 8.36. The molecule has 0 aromatic heterocycles. The molecule has 9 nitrogen and oxygen atoms in total. The molecule has 0 bridgehead atoms. The molecular weight excluding hydrogens is 784 g/mol. The van der Waals surface area contributed by atoms with Gasteiger partial charge in [0.2, 0.25) is 21.7 Å². The monoisotopic (exact) mass is 820 g/mol. The number of nitrogens with zero attached hydrogens (tertiary/aromatic N) is 2. The summed E-state index contributed by atoms with van der Waals surface area (Å²) in [7, 11) is -4.74. The molecule has 0 saturated heterocycles. The average Bonchev–Trinajstić information content (AvgIpc) is 3.25. The second-order valence-corrected chi connectivity index (χ2v) is 15.2. The Morgan fingerprint density at radius 3 is 1.93 bits per heavy atom. The fourth-order valence-electron chi connectivity index (χ4n) is 6.14. The quantitative estimate of drug-likeness (QED) is 0.0481. The fraction of sp³-hybridized carbons (Fsp3) is 0.209. The van der Waals surface area contributed by atoms with Crippen LogP contribution in [-0.2, 0) is 44.1 Å². The van der Waals surface area contributed by atoms with E-state index >= 15 is 0 Å². The lowest BCUT2D eigenvalue weighted by Crippen LogP contribution is -2.48. The summed E-state index contributed by atoms with van der Waals surface area (Å²) in [5, 5.41) is 0. The highest BCUT2D eigenvalue weighted by Crippen LogP contribution is 2.33. The summed E-state index contributed by atoms with van der Waals surface area (Å²) in [5.74, 6) is -14.3. The van der Waals surface area contributed by atoms with Crippen molar-refractivity contribution >= 4 is 33.2 Å². The van der Waals surface area contributed by atoms with Gasteiger partial charge >= 0.3 is 5.97 Å². The third kappa shape index (κ3) is 9.12. The number of rotatable bonds is 14. The molecule has 1 heterocycles.